The summed E-state index contributed by atoms with van der Waals surface area (Å²) in [4.78, 5) is 19.9. The molecule has 1 amide bonds. The van der Waals surface area contributed by atoms with E-state index in [0.717, 1.165) is 70.4 Å². The standard InChI is InChI=1S/C31H32N2O2S/c1-2-20-35-27-19-18-22-12-10-11-15-24(22)26(27)21-32-31-29(30(34)33-23-13-6-5-7-14-23)25-16-8-3-4-9-17-28(25)36-31/h5-7,10-15,18-19,21H,2-4,8-9,16-17,20H2,1H3,(H,33,34). The Bertz CT molecular complexity index is 1370. The van der Waals surface area contributed by atoms with E-state index in [1.54, 1.807) is 11.3 Å². The molecule has 5 rings (SSSR count). The molecule has 1 aliphatic carbocycles. The van der Waals surface area contributed by atoms with Gasteiger partial charge in [0.2, 0.25) is 0 Å². The van der Waals surface area contributed by atoms with Crippen LogP contribution in [0.3, 0.4) is 0 Å². The lowest BCUT2D eigenvalue weighted by molar-refractivity contribution is 0.102. The number of para-hydroxylation sites is 1. The Balaban J connectivity index is 1.58. The monoisotopic (exact) mass is 496 g/mol. The quantitative estimate of drug-likeness (QED) is 0.261. The molecule has 5 heteroatoms. The highest BCUT2D eigenvalue weighted by Crippen LogP contribution is 2.40. The molecule has 184 valence electrons. The number of hydrogen-bond acceptors (Lipinski definition) is 4. The molecule has 3 aromatic carbocycles. The number of benzene rings is 3. The molecule has 1 aromatic heterocycles. The number of carbonyl (C=O) groups excluding carboxylic acids is 1. The van der Waals surface area contributed by atoms with Crippen molar-refractivity contribution in [3.05, 3.63) is 88.3 Å². The predicted molar refractivity (Wildman–Crippen MR) is 152 cm³/mol. The Morgan fingerprint density at radius 1 is 0.972 bits per heavy atom. The molecule has 0 aliphatic heterocycles. The summed E-state index contributed by atoms with van der Waals surface area (Å²) in [5, 5.41) is 6.13. The zero-order valence-electron chi connectivity index (χ0n) is 20.8. The fourth-order valence-electron chi connectivity index (χ4n) is 4.82. The molecule has 0 radical (unpaired) electrons. The van der Waals surface area contributed by atoms with E-state index < -0.39 is 0 Å². The lowest BCUT2D eigenvalue weighted by Gasteiger charge is -2.12. The third-order valence-corrected chi connectivity index (χ3v) is 7.81. The van der Waals surface area contributed by atoms with Crippen LogP contribution in [0, 0.1) is 0 Å². The number of ether oxygens (including phenoxy) is 1. The van der Waals surface area contributed by atoms with E-state index in [1.807, 2.05) is 54.7 Å². The van der Waals surface area contributed by atoms with Crippen LogP contribution in [0.5, 0.6) is 5.75 Å². The smallest absolute Gasteiger partial charge is 0.259 e. The van der Waals surface area contributed by atoms with Gasteiger partial charge in [0.05, 0.1) is 12.2 Å². The number of anilines is 1. The number of amides is 1. The van der Waals surface area contributed by atoms with Crippen LogP contribution in [0.4, 0.5) is 10.7 Å². The van der Waals surface area contributed by atoms with Gasteiger partial charge in [0, 0.05) is 22.3 Å². The number of hydrogen-bond donors (Lipinski definition) is 1. The molecule has 36 heavy (non-hydrogen) atoms. The zero-order chi connectivity index (χ0) is 24.7. The fraction of sp³-hybridized carbons (Fsp3) is 0.290. The van der Waals surface area contributed by atoms with Crippen molar-refractivity contribution >= 4 is 44.9 Å². The molecule has 0 atom stereocenters. The summed E-state index contributed by atoms with van der Waals surface area (Å²) in [6.07, 6.45) is 9.50. The van der Waals surface area contributed by atoms with Gasteiger partial charge in [0.25, 0.3) is 5.91 Å². The summed E-state index contributed by atoms with van der Waals surface area (Å²) in [6, 6.07) is 22.1. The summed E-state index contributed by atoms with van der Waals surface area (Å²) >= 11 is 1.67. The minimum atomic E-state index is -0.0770. The topological polar surface area (TPSA) is 50.7 Å². The molecular weight excluding hydrogens is 464 g/mol. The molecule has 0 fully saturated rings. The normalized spacial score (nSPS) is 13.8. The summed E-state index contributed by atoms with van der Waals surface area (Å²) in [7, 11) is 0. The molecule has 0 bridgehead atoms. The van der Waals surface area contributed by atoms with Gasteiger partial charge in [-0.25, -0.2) is 4.99 Å². The molecule has 1 aliphatic rings. The number of rotatable bonds is 7. The molecular formula is C31H32N2O2S. The second kappa shape index (κ2) is 11.5. The highest BCUT2D eigenvalue weighted by atomic mass is 32.1. The molecule has 0 saturated carbocycles. The first kappa shape index (κ1) is 24.3. The maximum atomic E-state index is 13.6. The van der Waals surface area contributed by atoms with Gasteiger partial charge in [-0.15, -0.1) is 11.3 Å². The first-order valence-corrected chi connectivity index (χ1v) is 13.8. The van der Waals surface area contributed by atoms with Crippen LogP contribution in [0.2, 0.25) is 0 Å². The van der Waals surface area contributed by atoms with Crippen molar-refractivity contribution < 1.29 is 9.53 Å². The van der Waals surface area contributed by atoms with Gasteiger partial charge >= 0.3 is 0 Å². The van der Waals surface area contributed by atoms with E-state index in [4.69, 9.17) is 9.73 Å². The van der Waals surface area contributed by atoms with Gasteiger partial charge in [0.15, 0.2) is 0 Å². The third kappa shape index (κ3) is 5.36. The zero-order valence-corrected chi connectivity index (χ0v) is 21.6. The maximum Gasteiger partial charge on any atom is 0.259 e. The SMILES string of the molecule is CCCOc1ccc2ccccc2c1C=Nc1sc2c(c1C(=O)Nc1ccccc1)CCCCCC2. The largest absolute Gasteiger partial charge is 0.493 e. The van der Waals surface area contributed by atoms with Gasteiger partial charge in [0.1, 0.15) is 10.8 Å². The van der Waals surface area contributed by atoms with Gasteiger partial charge in [-0.1, -0.05) is 68.3 Å². The fourth-order valence-corrected chi connectivity index (χ4v) is 6.05. The highest BCUT2D eigenvalue weighted by Gasteiger charge is 2.24. The number of aliphatic imine (C=N–C) groups is 1. The highest BCUT2D eigenvalue weighted by molar-refractivity contribution is 7.16. The van der Waals surface area contributed by atoms with Gasteiger partial charge in [-0.3, -0.25) is 4.79 Å². The van der Waals surface area contributed by atoms with Crippen LogP contribution in [0.15, 0.2) is 71.7 Å². The predicted octanol–water partition coefficient (Wildman–Crippen LogP) is 8.35. The van der Waals surface area contributed by atoms with Crippen molar-refractivity contribution in [3.63, 3.8) is 0 Å². The van der Waals surface area contributed by atoms with Crippen molar-refractivity contribution in [1.29, 1.82) is 0 Å². The number of fused-ring (bicyclic) bond motifs is 2. The van der Waals surface area contributed by atoms with Crippen molar-refractivity contribution in [3.8, 4) is 5.75 Å². The third-order valence-electron chi connectivity index (χ3n) is 6.61. The van der Waals surface area contributed by atoms with Crippen LogP contribution in [0.1, 0.15) is 65.4 Å². The molecule has 4 aromatic rings. The molecule has 0 unspecified atom stereocenters. The minimum absolute atomic E-state index is 0.0770. The van der Waals surface area contributed by atoms with Gasteiger partial charge < -0.3 is 10.1 Å². The number of nitrogens with one attached hydrogen (secondary N) is 1. The number of aryl methyl sites for hydroxylation is 1. The van der Waals surface area contributed by atoms with Gasteiger partial charge in [-0.2, -0.15) is 0 Å². The van der Waals surface area contributed by atoms with E-state index in [9.17, 15) is 4.79 Å². The lowest BCUT2D eigenvalue weighted by atomic mass is 9.96. The molecule has 1 heterocycles. The van der Waals surface area contributed by atoms with E-state index in [2.05, 4.69) is 30.4 Å². The molecule has 1 N–H and O–H groups in total. The number of nitrogens with zero attached hydrogens (tertiary/aromatic N) is 1. The summed E-state index contributed by atoms with van der Waals surface area (Å²) in [5.41, 5.74) is 3.67. The van der Waals surface area contributed by atoms with Crippen LogP contribution < -0.4 is 10.1 Å². The Morgan fingerprint density at radius 2 is 1.75 bits per heavy atom. The average molecular weight is 497 g/mol. The molecule has 4 nitrogen and oxygen atoms in total. The van der Waals surface area contributed by atoms with Crippen molar-refractivity contribution in [1.82, 2.24) is 0 Å². The van der Waals surface area contributed by atoms with Crippen LogP contribution in [-0.4, -0.2) is 18.7 Å². The molecule has 0 saturated heterocycles. The summed E-state index contributed by atoms with van der Waals surface area (Å²) < 4.78 is 6.09. The Kier molecular flexibility index (Phi) is 7.77. The lowest BCUT2D eigenvalue weighted by Crippen LogP contribution is -2.14. The van der Waals surface area contributed by atoms with E-state index in [0.29, 0.717) is 6.61 Å². The first-order chi connectivity index (χ1) is 17.7. The van der Waals surface area contributed by atoms with Crippen LogP contribution in [-0.2, 0) is 12.8 Å². The number of thiophene rings is 1. The van der Waals surface area contributed by atoms with Crippen molar-refractivity contribution in [2.24, 2.45) is 4.99 Å². The average Bonchev–Trinajstić information content (AvgIpc) is 3.23. The first-order valence-electron chi connectivity index (χ1n) is 12.9. The van der Waals surface area contributed by atoms with E-state index in [-0.39, 0.29) is 5.91 Å². The van der Waals surface area contributed by atoms with E-state index >= 15 is 0 Å². The van der Waals surface area contributed by atoms with Crippen molar-refractivity contribution in [2.45, 2.75) is 51.9 Å². The maximum absolute atomic E-state index is 13.6. The van der Waals surface area contributed by atoms with E-state index in [1.165, 1.54) is 23.3 Å². The Labute approximate surface area is 217 Å². The summed E-state index contributed by atoms with van der Waals surface area (Å²) in [6.45, 7) is 2.75. The Morgan fingerprint density at radius 3 is 2.58 bits per heavy atom. The Hall–Kier alpha value is -3.44. The van der Waals surface area contributed by atoms with Gasteiger partial charge in [-0.05, 0) is 66.6 Å². The minimum Gasteiger partial charge on any atom is -0.493 e. The summed E-state index contributed by atoms with van der Waals surface area (Å²) in [5.74, 6) is 0.747. The second-order valence-electron chi connectivity index (χ2n) is 9.22. The number of carbonyl (C=O) groups is 1. The van der Waals surface area contributed by atoms with Crippen molar-refractivity contribution in [2.75, 3.05) is 11.9 Å². The second-order valence-corrected chi connectivity index (χ2v) is 10.3. The van der Waals surface area contributed by atoms with Crippen LogP contribution in [0.25, 0.3) is 10.8 Å². The van der Waals surface area contributed by atoms with Crippen LogP contribution >= 0.6 is 11.3 Å². The molecule has 0 spiro atoms.